The first-order valence-corrected chi connectivity index (χ1v) is 9.86. The number of hydrogen-bond donors (Lipinski definition) is 1. The largest absolute Gasteiger partial charge is 0.444 e. The minimum Gasteiger partial charge on any atom is -0.444 e. The molecule has 1 unspecified atom stereocenters. The van der Waals surface area contributed by atoms with Gasteiger partial charge in [-0.15, -0.1) is 0 Å². The molecule has 1 aliphatic rings. The van der Waals surface area contributed by atoms with Crippen molar-refractivity contribution in [3.8, 4) is 0 Å². The molecule has 1 aromatic rings. The quantitative estimate of drug-likeness (QED) is 0.524. The second kappa shape index (κ2) is 8.92. The lowest BCUT2D eigenvalue weighted by atomic mass is 10.1. The minimum atomic E-state index is -1.03. The van der Waals surface area contributed by atoms with Crippen molar-refractivity contribution in [1.82, 2.24) is 9.80 Å². The molecule has 1 aliphatic heterocycles. The Morgan fingerprint density at radius 1 is 1.36 bits per heavy atom. The van der Waals surface area contributed by atoms with E-state index in [-0.39, 0.29) is 37.1 Å². The SMILES string of the molecule is CC(C)(C)OC(=O)N1CCN(C(=O)c2cc(F)c(Br)c(Cl)c2F)C(CCO)C1. The van der Waals surface area contributed by atoms with E-state index >= 15 is 0 Å². The zero-order valence-electron chi connectivity index (χ0n) is 15.8. The third-order valence-electron chi connectivity index (χ3n) is 4.19. The van der Waals surface area contributed by atoms with Crippen molar-refractivity contribution in [3.63, 3.8) is 0 Å². The van der Waals surface area contributed by atoms with Crippen LogP contribution < -0.4 is 0 Å². The molecule has 1 saturated heterocycles. The fourth-order valence-corrected chi connectivity index (χ4v) is 3.37. The predicted molar refractivity (Wildman–Crippen MR) is 103 cm³/mol. The first-order valence-electron chi connectivity index (χ1n) is 8.69. The van der Waals surface area contributed by atoms with Crippen molar-refractivity contribution in [2.24, 2.45) is 0 Å². The van der Waals surface area contributed by atoms with Crippen LogP contribution in [0.25, 0.3) is 0 Å². The van der Waals surface area contributed by atoms with Crippen molar-refractivity contribution in [3.05, 3.63) is 32.8 Å². The first kappa shape index (κ1) is 22.8. The molecule has 28 heavy (non-hydrogen) atoms. The van der Waals surface area contributed by atoms with Crippen LogP contribution >= 0.6 is 27.5 Å². The highest BCUT2D eigenvalue weighted by Crippen LogP contribution is 2.32. The summed E-state index contributed by atoms with van der Waals surface area (Å²) in [4.78, 5) is 27.9. The molecule has 1 fully saturated rings. The Labute approximate surface area is 175 Å². The van der Waals surface area contributed by atoms with Crippen LogP contribution in [0.5, 0.6) is 0 Å². The fourth-order valence-electron chi connectivity index (χ4n) is 2.89. The van der Waals surface area contributed by atoms with Gasteiger partial charge in [0, 0.05) is 26.2 Å². The van der Waals surface area contributed by atoms with E-state index in [4.69, 9.17) is 16.3 Å². The maximum Gasteiger partial charge on any atom is 0.410 e. The molecule has 10 heteroatoms. The van der Waals surface area contributed by atoms with E-state index in [1.54, 1.807) is 20.8 Å². The van der Waals surface area contributed by atoms with Crippen LogP contribution in [0.2, 0.25) is 5.02 Å². The second-order valence-electron chi connectivity index (χ2n) is 7.44. The number of amides is 2. The Morgan fingerprint density at radius 2 is 2.00 bits per heavy atom. The van der Waals surface area contributed by atoms with Crippen molar-refractivity contribution in [2.75, 3.05) is 26.2 Å². The van der Waals surface area contributed by atoms with Gasteiger partial charge in [-0.2, -0.15) is 0 Å². The zero-order valence-corrected chi connectivity index (χ0v) is 18.1. The normalized spacial score (nSPS) is 17.6. The third-order valence-corrected chi connectivity index (χ3v) is 5.55. The number of halogens is 4. The molecule has 1 N–H and O–H groups in total. The monoisotopic (exact) mass is 482 g/mol. The minimum absolute atomic E-state index is 0.0808. The molecular weight excluding hydrogens is 462 g/mol. The Morgan fingerprint density at radius 3 is 2.57 bits per heavy atom. The summed E-state index contributed by atoms with van der Waals surface area (Å²) in [6, 6.07) is 0.202. The number of aliphatic hydroxyl groups is 1. The number of nitrogens with zero attached hydrogens (tertiary/aromatic N) is 2. The summed E-state index contributed by atoms with van der Waals surface area (Å²) in [5.74, 6) is -2.65. The van der Waals surface area contributed by atoms with Gasteiger partial charge in [0.05, 0.1) is 21.1 Å². The van der Waals surface area contributed by atoms with Crippen molar-refractivity contribution >= 4 is 39.5 Å². The highest BCUT2D eigenvalue weighted by Gasteiger charge is 2.36. The third kappa shape index (κ3) is 5.12. The van der Waals surface area contributed by atoms with Gasteiger partial charge in [0.25, 0.3) is 5.91 Å². The number of carbonyl (C=O) groups is 2. The summed E-state index contributed by atoms with van der Waals surface area (Å²) in [6.07, 6.45) is -0.370. The summed E-state index contributed by atoms with van der Waals surface area (Å²) in [5, 5.41) is 8.83. The zero-order chi connectivity index (χ0) is 21.2. The van der Waals surface area contributed by atoms with Crippen LogP contribution in [0.3, 0.4) is 0 Å². The van der Waals surface area contributed by atoms with Gasteiger partial charge in [0.2, 0.25) is 0 Å². The maximum atomic E-state index is 14.4. The van der Waals surface area contributed by atoms with E-state index in [1.807, 2.05) is 0 Å². The average Bonchev–Trinajstić information content (AvgIpc) is 2.61. The Kier molecular flexibility index (Phi) is 7.27. The van der Waals surface area contributed by atoms with Crippen molar-refractivity contribution in [1.29, 1.82) is 0 Å². The molecule has 0 bridgehead atoms. The standard InChI is InChI=1S/C18H22BrClF2N2O4/c1-18(2,3)28-17(27)23-5-6-24(10(9-23)4-7-25)16(26)11-8-12(21)13(19)14(20)15(11)22/h8,10,25H,4-7,9H2,1-3H3. The Hall–Kier alpha value is -1.45. The molecule has 6 nitrogen and oxygen atoms in total. The molecule has 1 heterocycles. The predicted octanol–water partition coefficient (Wildman–Crippen LogP) is 3.82. The molecule has 1 atom stereocenters. The van der Waals surface area contributed by atoms with Crippen LogP contribution in [0.15, 0.2) is 10.5 Å². The molecule has 156 valence electrons. The van der Waals surface area contributed by atoms with E-state index in [1.165, 1.54) is 9.80 Å². The smallest absolute Gasteiger partial charge is 0.410 e. The van der Waals surface area contributed by atoms with Crippen molar-refractivity contribution < 1.29 is 28.2 Å². The van der Waals surface area contributed by atoms with Gasteiger partial charge in [0.15, 0.2) is 5.82 Å². The first-order chi connectivity index (χ1) is 13.0. The number of rotatable bonds is 3. The van der Waals surface area contributed by atoms with Gasteiger partial charge in [0.1, 0.15) is 11.4 Å². The van der Waals surface area contributed by atoms with Crippen LogP contribution in [-0.2, 0) is 4.74 Å². The topological polar surface area (TPSA) is 70.1 Å². The van der Waals surface area contributed by atoms with E-state index in [0.717, 1.165) is 6.07 Å². The van der Waals surface area contributed by atoms with Crippen LogP contribution in [0.4, 0.5) is 13.6 Å². The van der Waals surface area contributed by atoms with Gasteiger partial charge < -0.3 is 19.6 Å². The number of aliphatic hydroxyl groups excluding tert-OH is 1. The fraction of sp³-hybridized carbons (Fsp3) is 0.556. The van der Waals surface area contributed by atoms with Gasteiger partial charge in [-0.25, -0.2) is 13.6 Å². The van der Waals surface area contributed by atoms with Crippen LogP contribution in [0.1, 0.15) is 37.6 Å². The highest BCUT2D eigenvalue weighted by atomic mass is 79.9. The summed E-state index contributed by atoms with van der Waals surface area (Å²) >= 11 is 8.58. The van der Waals surface area contributed by atoms with Gasteiger partial charge in [-0.3, -0.25) is 4.79 Å². The van der Waals surface area contributed by atoms with E-state index in [0.29, 0.717) is 0 Å². The summed E-state index contributed by atoms with van der Waals surface area (Å²) < 4.78 is 33.5. The Balaban J connectivity index is 2.24. The lowest BCUT2D eigenvalue weighted by Crippen LogP contribution is -2.57. The number of benzene rings is 1. The molecule has 0 radical (unpaired) electrons. The molecule has 0 spiro atoms. The van der Waals surface area contributed by atoms with E-state index in [9.17, 15) is 23.5 Å². The van der Waals surface area contributed by atoms with Gasteiger partial charge in [-0.1, -0.05) is 11.6 Å². The lowest BCUT2D eigenvalue weighted by Gasteiger charge is -2.41. The van der Waals surface area contributed by atoms with Crippen LogP contribution in [-0.4, -0.2) is 64.8 Å². The van der Waals surface area contributed by atoms with E-state index in [2.05, 4.69) is 15.9 Å². The van der Waals surface area contributed by atoms with Gasteiger partial charge in [-0.05, 0) is 49.2 Å². The number of carbonyl (C=O) groups excluding carboxylic acids is 2. The average molecular weight is 484 g/mol. The number of ether oxygens (including phenoxy) is 1. The summed E-state index contributed by atoms with van der Waals surface area (Å²) in [6.45, 7) is 5.33. The van der Waals surface area contributed by atoms with Crippen molar-refractivity contribution in [2.45, 2.75) is 38.8 Å². The number of hydrogen-bond acceptors (Lipinski definition) is 4. The molecule has 1 aromatic carbocycles. The second-order valence-corrected chi connectivity index (χ2v) is 8.61. The lowest BCUT2D eigenvalue weighted by molar-refractivity contribution is 0.00166. The molecule has 2 rings (SSSR count). The Bertz CT molecular complexity index is 773. The maximum absolute atomic E-state index is 14.4. The number of piperazine rings is 1. The highest BCUT2D eigenvalue weighted by molar-refractivity contribution is 9.10. The molecule has 0 aromatic heterocycles. The van der Waals surface area contributed by atoms with E-state index < -0.39 is 45.9 Å². The molecule has 2 amide bonds. The summed E-state index contributed by atoms with van der Waals surface area (Å²) in [7, 11) is 0. The van der Waals surface area contributed by atoms with Gasteiger partial charge >= 0.3 is 6.09 Å². The van der Waals surface area contributed by atoms with Crippen LogP contribution in [0, 0.1) is 11.6 Å². The molecular formula is C18H22BrClF2N2O4. The summed E-state index contributed by atoms with van der Waals surface area (Å²) in [5.41, 5.74) is -1.18. The molecule has 0 aliphatic carbocycles. The molecule has 0 saturated carbocycles.